The Balaban J connectivity index is 2.23. The fourth-order valence-electron chi connectivity index (χ4n) is 3.23. The van der Waals surface area contributed by atoms with E-state index in [0.29, 0.717) is 6.04 Å². The summed E-state index contributed by atoms with van der Waals surface area (Å²) in [6, 6.07) is 9.75. The largest absolute Gasteiger partial charge is 0.366 e. The first-order chi connectivity index (χ1) is 9.81. The lowest BCUT2D eigenvalue weighted by atomic mass is 9.86. The van der Waals surface area contributed by atoms with E-state index in [4.69, 9.17) is 0 Å². The Morgan fingerprint density at radius 3 is 2.19 bits per heavy atom. The van der Waals surface area contributed by atoms with Crippen LogP contribution < -0.4 is 10.2 Å². The minimum absolute atomic E-state index is 0.226. The molecule has 2 rings (SSSR count). The molecule has 2 heteroatoms. The third-order valence-electron chi connectivity index (χ3n) is 5.20. The molecule has 1 aliphatic rings. The van der Waals surface area contributed by atoms with Crippen LogP contribution in [0, 0.1) is 0 Å². The second kappa shape index (κ2) is 6.00. The van der Waals surface area contributed by atoms with E-state index < -0.39 is 0 Å². The van der Waals surface area contributed by atoms with Crippen LogP contribution in [-0.4, -0.2) is 24.7 Å². The van der Waals surface area contributed by atoms with Crippen molar-refractivity contribution >= 4 is 5.69 Å². The zero-order valence-electron chi connectivity index (χ0n) is 14.7. The quantitative estimate of drug-likeness (QED) is 0.890. The highest BCUT2D eigenvalue weighted by Gasteiger charge is 2.35. The number of hydrogen-bond donors (Lipinski definition) is 1. The fraction of sp³-hybridized carbons (Fsp3) is 0.684. The smallest absolute Gasteiger partial charge is 0.0387 e. The van der Waals surface area contributed by atoms with Crippen LogP contribution in [0.4, 0.5) is 5.69 Å². The summed E-state index contributed by atoms with van der Waals surface area (Å²) in [6.07, 6.45) is 2.37. The Morgan fingerprint density at radius 1 is 1.14 bits per heavy atom. The molecule has 0 bridgehead atoms. The second-order valence-electron chi connectivity index (χ2n) is 7.64. The number of nitrogens with one attached hydrogen (secondary N) is 1. The maximum Gasteiger partial charge on any atom is 0.0387 e. The van der Waals surface area contributed by atoms with Gasteiger partial charge in [-0.15, -0.1) is 0 Å². The van der Waals surface area contributed by atoms with Gasteiger partial charge < -0.3 is 10.2 Å². The highest BCUT2D eigenvalue weighted by molar-refractivity contribution is 5.50. The van der Waals surface area contributed by atoms with Gasteiger partial charge in [0.05, 0.1) is 0 Å². The highest BCUT2D eigenvalue weighted by Crippen LogP contribution is 2.30. The molecule has 118 valence electrons. The molecule has 21 heavy (non-hydrogen) atoms. The molecule has 1 fully saturated rings. The van der Waals surface area contributed by atoms with Crippen molar-refractivity contribution in [3.8, 4) is 0 Å². The van der Waals surface area contributed by atoms with Gasteiger partial charge in [-0.3, -0.25) is 0 Å². The molecular formula is C19H32N2. The normalized spacial score (nSPS) is 22.4. The van der Waals surface area contributed by atoms with Crippen molar-refractivity contribution in [1.29, 1.82) is 0 Å². The molecule has 1 aliphatic heterocycles. The summed E-state index contributed by atoms with van der Waals surface area (Å²) in [5.74, 6) is 0. The summed E-state index contributed by atoms with van der Waals surface area (Å²) in [4.78, 5) is 2.58. The molecule has 0 aromatic heterocycles. The first-order valence-corrected chi connectivity index (χ1v) is 8.43. The van der Waals surface area contributed by atoms with Gasteiger partial charge in [0.1, 0.15) is 0 Å². The monoisotopic (exact) mass is 288 g/mol. The number of benzene rings is 1. The third-order valence-corrected chi connectivity index (χ3v) is 5.20. The SMILES string of the molecule is CCC1(CC)CN(c2ccc(C(C)(C)C)cc2)C(C)CN1. The van der Waals surface area contributed by atoms with E-state index in [0.717, 1.165) is 13.1 Å². The van der Waals surface area contributed by atoms with Gasteiger partial charge in [0.25, 0.3) is 0 Å². The molecule has 0 spiro atoms. The van der Waals surface area contributed by atoms with E-state index in [-0.39, 0.29) is 11.0 Å². The van der Waals surface area contributed by atoms with Gasteiger partial charge in [0.2, 0.25) is 0 Å². The molecule has 1 saturated heterocycles. The molecule has 1 N–H and O–H groups in total. The average molecular weight is 288 g/mol. The molecule has 1 unspecified atom stereocenters. The topological polar surface area (TPSA) is 15.3 Å². The summed E-state index contributed by atoms with van der Waals surface area (Å²) < 4.78 is 0. The molecule has 0 saturated carbocycles. The van der Waals surface area contributed by atoms with Crippen LogP contribution in [0.15, 0.2) is 24.3 Å². The van der Waals surface area contributed by atoms with Crippen molar-refractivity contribution < 1.29 is 0 Å². The molecule has 1 heterocycles. The summed E-state index contributed by atoms with van der Waals surface area (Å²) >= 11 is 0. The van der Waals surface area contributed by atoms with E-state index in [2.05, 4.69) is 76.0 Å². The van der Waals surface area contributed by atoms with Crippen molar-refractivity contribution in [1.82, 2.24) is 5.32 Å². The van der Waals surface area contributed by atoms with E-state index in [1.165, 1.54) is 24.1 Å². The summed E-state index contributed by atoms with van der Waals surface area (Å²) in [7, 11) is 0. The minimum atomic E-state index is 0.226. The standard InChI is InChI=1S/C19H32N2/c1-7-19(8-2)14-21(15(3)13-20-19)17-11-9-16(10-12-17)18(4,5)6/h9-12,15,20H,7-8,13-14H2,1-6H3. The molecule has 1 aromatic carbocycles. The summed E-state index contributed by atoms with van der Waals surface area (Å²) in [5.41, 5.74) is 3.27. The summed E-state index contributed by atoms with van der Waals surface area (Å²) in [6.45, 7) is 15.9. The van der Waals surface area contributed by atoms with Crippen LogP contribution in [0.5, 0.6) is 0 Å². The van der Waals surface area contributed by atoms with E-state index >= 15 is 0 Å². The van der Waals surface area contributed by atoms with Crippen LogP contribution >= 0.6 is 0 Å². The van der Waals surface area contributed by atoms with Gasteiger partial charge in [0, 0.05) is 30.4 Å². The van der Waals surface area contributed by atoms with Crippen LogP contribution in [-0.2, 0) is 5.41 Å². The molecule has 0 radical (unpaired) electrons. The molecule has 2 nitrogen and oxygen atoms in total. The predicted molar refractivity (Wildman–Crippen MR) is 93.3 cm³/mol. The van der Waals surface area contributed by atoms with Crippen molar-refractivity contribution in [3.63, 3.8) is 0 Å². The predicted octanol–water partition coefficient (Wildman–Crippen LogP) is 4.34. The van der Waals surface area contributed by atoms with E-state index in [1.807, 2.05) is 0 Å². The van der Waals surface area contributed by atoms with Crippen LogP contribution in [0.3, 0.4) is 0 Å². The molecule has 1 aromatic rings. The van der Waals surface area contributed by atoms with E-state index in [1.54, 1.807) is 0 Å². The van der Waals surface area contributed by atoms with Gasteiger partial charge >= 0.3 is 0 Å². The second-order valence-corrected chi connectivity index (χ2v) is 7.64. The first kappa shape index (κ1) is 16.4. The fourth-order valence-corrected chi connectivity index (χ4v) is 3.23. The van der Waals surface area contributed by atoms with Crippen LogP contribution in [0.2, 0.25) is 0 Å². The van der Waals surface area contributed by atoms with Crippen molar-refractivity contribution in [3.05, 3.63) is 29.8 Å². The molecule has 1 atom stereocenters. The molecular weight excluding hydrogens is 256 g/mol. The average Bonchev–Trinajstić information content (AvgIpc) is 2.47. The lowest BCUT2D eigenvalue weighted by Crippen LogP contribution is -2.63. The zero-order chi connectivity index (χ0) is 15.7. The Labute approximate surface area is 130 Å². The molecule has 0 amide bonds. The Bertz CT molecular complexity index is 451. The van der Waals surface area contributed by atoms with Crippen molar-refractivity contribution in [2.45, 2.75) is 71.4 Å². The zero-order valence-corrected chi connectivity index (χ0v) is 14.7. The van der Waals surface area contributed by atoms with Crippen molar-refractivity contribution in [2.24, 2.45) is 0 Å². The maximum absolute atomic E-state index is 3.78. The Kier molecular flexibility index (Phi) is 4.67. The third kappa shape index (κ3) is 3.42. The van der Waals surface area contributed by atoms with Gasteiger partial charge in [-0.05, 0) is 42.9 Å². The highest BCUT2D eigenvalue weighted by atomic mass is 15.3. The van der Waals surface area contributed by atoms with Gasteiger partial charge in [-0.1, -0.05) is 46.8 Å². The van der Waals surface area contributed by atoms with Crippen LogP contribution in [0.1, 0.15) is 59.9 Å². The van der Waals surface area contributed by atoms with E-state index in [9.17, 15) is 0 Å². The van der Waals surface area contributed by atoms with Crippen molar-refractivity contribution in [2.75, 3.05) is 18.0 Å². The number of hydrogen-bond acceptors (Lipinski definition) is 2. The van der Waals surface area contributed by atoms with Gasteiger partial charge in [-0.25, -0.2) is 0 Å². The minimum Gasteiger partial charge on any atom is -0.366 e. The maximum atomic E-state index is 3.78. The number of anilines is 1. The lowest BCUT2D eigenvalue weighted by Gasteiger charge is -2.47. The first-order valence-electron chi connectivity index (χ1n) is 8.43. The number of rotatable bonds is 3. The van der Waals surface area contributed by atoms with Gasteiger partial charge in [0.15, 0.2) is 0 Å². The van der Waals surface area contributed by atoms with Gasteiger partial charge in [-0.2, -0.15) is 0 Å². The lowest BCUT2D eigenvalue weighted by molar-refractivity contribution is 0.254. The number of piperazine rings is 1. The Hall–Kier alpha value is -1.02. The number of nitrogens with zero attached hydrogens (tertiary/aromatic N) is 1. The summed E-state index contributed by atoms with van der Waals surface area (Å²) in [5, 5.41) is 3.78. The van der Waals surface area contributed by atoms with Crippen LogP contribution in [0.25, 0.3) is 0 Å². The molecule has 0 aliphatic carbocycles. The Morgan fingerprint density at radius 2 is 1.71 bits per heavy atom.